The summed E-state index contributed by atoms with van der Waals surface area (Å²) >= 11 is 0. The van der Waals surface area contributed by atoms with Crippen LogP contribution in [0, 0.1) is 5.92 Å². The van der Waals surface area contributed by atoms with Gasteiger partial charge in [-0.25, -0.2) is 0 Å². The molecule has 0 atom stereocenters. The number of fused-ring (bicyclic) bond motifs is 3. The Morgan fingerprint density at radius 3 is 1.64 bits per heavy atom. The molecule has 1 aliphatic carbocycles. The van der Waals surface area contributed by atoms with E-state index in [1.807, 2.05) is 0 Å². The first-order valence-corrected chi connectivity index (χ1v) is 11.0. The first kappa shape index (κ1) is 29.6. The molecule has 148 valence electrons. The molecule has 1 fully saturated rings. The van der Waals surface area contributed by atoms with Gasteiger partial charge in [0.25, 0.3) is 0 Å². The molecule has 3 aromatic rings. The van der Waals surface area contributed by atoms with Gasteiger partial charge in [-0.15, -0.1) is 39.7 Å². The Bertz CT molecular complexity index is 753. The molecule has 0 heterocycles. The molecule has 2 radical (unpaired) electrons. The fraction of sp³-hybridized carbons (Fsp3) is 0.364. The van der Waals surface area contributed by atoms with Crippen LogP contribution in [-0.4, -0.2) is 15.4 Å². The van der Waals surface area contributed by atoms with E-state index in [0.29, 0.717) is 0 Å². The molecule has 28 heavy (non-hydrogen) atoms. The second kappa shape index (κ2) is 16.3. The van der Waals surface area contributed by atoms with Crippen LogP contribution in [0.4, 0.5) is 0 Å². The largest absolute Gasteiger partial charge is 4.00 e. The number of benzene rings is 2. The van der Waals surface area contributed by atoms with Gasteiger partial charge in [0.1, 0.15) is 0 Å². The van der Waals surface area contributed by atoms with E-state index in [9.17, 15) is 4.79 Å². The van der Waals surface area contributed by atoms with Gasteiger partial charge in [-0.2, -0.15) is 0 Å². The van der Waals surface area contributed by atoms with Gasteiger partial charge < -0.3 is 35.3 Å². The number of carbonyl (C=O) groups is 1. The molecule has 1 N–H and O–H groups in total. The van der Waals surface area contributed by atoms with Gasteiger partial charge in [0, 0.05) is 15.4 Å². The second-order valence-corrected chi connectivity index (χ2v) is 7.52. The molecule has 1 saturated carbocycles. The predicted molar refractivity (Wildman–Crippen MR) is 110 cm³/mol. The fourth-order valence-corrected chi connectivity index (χ4v) is 3.27. The van der Waals surface area contributed by atoms with Crippen molar-refractivity contribution in [2.24, 2.45) is 5.92 Å². The van der Waals surface area contributed by atoms with Crippen LogP contribution >= 0.6 is 0 Å². The number of hydrogen-bond acceptors (Lipinski definition) is 1. The van der Waals surface area contributed by atoms with Crippen molar-refractivity contribution in [1.82, 2.24) is 0 Å². The fourth-order valence-electron chi connectivity index (χ4n) is 3.27. The van der Waals surface area contributed by atoms with Crippen LogP contribution in [0.3, 0.4) is 0 Å². The first-order chi connectivity index (χ1) is 12.2. The number of nitrogens with one attached hydrogen (secondary N) is 1. The van der Waals surface area contributed by atoms with Crippen molar-refractivity contribution in [3.05, 3.63) is 60.3 Å². The smallest absolute Gasteiger partial charge is 1.00 e. The van der Waals surface area contributed by atoms with E-state index < -0.39 is 0 Å². The molecule has 4 rings (SSSR count). The van der Waals surface area contributed by atoms with E-state index in [1.54, 1.807) is 0 Å². The van der Waals surface area contributed by atoms with Crippen LogP contribution in [0.5, 0.6) is 0 Å². The average molecular weight is 599 g/mol. The van der Waals surface area contributed by atoms with Gasteiger partial charge in [-0.1, -0.05) is 68.8 Å². The number of halogens is 2. The third-order valence-corrected chi connectivity index (χ3v) is 4.50. The Morgan fingerprint density at radius 2 is 1.29 bits per heavy atom. The Balaban J connectivity index is 0. The number of rotatable bonds is 1. The molecule has 6 heteroatoms. The van der Waals surface area contributed by atoms with Crippen LogP contribution in [0.25, 0.3) is 27.3 Å². The van der Waals surface area contributed by atoms with Crippen LogP contribution in [0.2, 0.25) is 13.1 Å². The molecule has 0 aromatic heterocycles. The van der Waals surface area contributed by atoms with Gasteiger partial charge in [0.2, 0.25) is 0 Å². The maximum atomic E-state index is 10.5. The van der Waals surface area contributed by atoms with Crippen molar-refractivity contribution in [2.75, 3.05) is 0 Å². The van der Waals surface area contributed by atoms with Gasteiger partial charge in [0.05, 0.1) is 5.91 Å². The van der Waals surface area contributed by atoms with E-state index in [-0.39, 0.29) is 62.5 Å². The molecular formula is C22H27Cl2HfNOSi. The number of carbonyl (C=O) groups excluding carboxylic acids is 1. The molecule has 0 unspecified atom stereocenters. The molecule has 1 aliphatic rings. The number of amides is 1. The Kier molecular flexibility index (Phi) is 17.2. The van der Waals surface area contributed by atoms with E-state index in [0.717, 1.165) is 35.2 Å². The maximum absolute atomic E-state index is 10.5. The quantitative estimate of drug-likeness (QED) is 0.300. The summed E-state index contributed by atoms with van der Waals surface area (Å²) < 4.78 is 0. The van der Waals surface area contributed by atoms with E-state index in [1.165, 1.54) is 28.0 Å². The van der Waals surface area contributed by atoms with Gasteiger partial charge >= 0.3 is 25.8 Å². The van der Waals surface area contributed by atoms with Crippen molar-refractivity contribution in [2.45, 2.75) is 45.2 Å². The maximum Gasteiger partial charge on any atom is 4.00 e. The summed E-state index contributed by atoms with van der Waals surface area (Å²) in [4.78, 5) is 10.5. The zero-order chi connectivity index (χ0) is 18.1. The molecule has 2 nitrogen and oxygen atoms in total. The first-order valence-electron chi connectivity index (χ1n) is 9.04. The average Bonchev–Trinajstić information content (AvgIpc) is 3.02. The molecule has 0 aliphatic heterocycles. The van der Waals surface area contributed by atoms with Gasteiger partial charge in [-0.05, 0) is 12.8 Å². The number of hydrogen-bond donors (Lipinski definition) is 0. The topological polar surface area (TPSA) is 40.9 Å². The third-order valence-electron chi connectivity index (χ3n) is 4.50. The van der Waals surface area contributed by atoms with Gasteiger partial charge in [0.15, 0.2) is 0 Å². The third kappa shape index (κ3) is 8.85. The monoisotopic (exact) mass is 599 g/mol. The van der Waals surface area contributed by atoms with E-state index in [2.05, 4.69) is 67.7 Å². The predicted octanol–water partition coefficient (Wildman–Crippen LogP) is 0.650. The van der Waals surface area contributed by atoms with Crippen LogP contribution in [-0.2, 0) is 30.6 Å². The Morgan fingerprint density at radius 1 is 0.893 bits per heavy atom. The van der Waals surface area contributed by atoms with Crippen LogP contribution in [0.1, 0.15) is 32.1 Å². The zero-order valence-electron chi connectivity index (χ0n) is 16.5. The van der Waals surface area contributed by atoms with E-state index >= 15 is 0 Å². The molecule has 0 saturated heterocycles. The molecule has 0 spiro atoms. The summed E-state index contributed by atoms with van der Waals surface area (Å²) in [5.74, 6) is -0.270. The Hall–Kier alpha value is -0.553. The second-order valence-electron chi connectivity index (χ2n) is 6.52. The SMILES string of the molecule is C[Si]C.[Cl-].[Cl-].[Hf+4].[NH-]C(=O)C1CCCCC1.c1ccc2c(c1)[cH-]c1ccccc12. The van der Waals surface area contributed by atoms with Crippen LogP contribution < -0.4 is 24.8 Å². The zero-order valence-corrected chi connectivity index (χ0v) is 22.6. The minimum Gasteiger partial charge on any atom is -1.00 e. The standard InChI is InChI=1S/C13H9.C7H13NO.C2H6Si.2ClH.Hf/c1-3-7-12-10(5-1)9-11-6-2-4-8-13(11)12;8-7(9)6-4-2-1-3-5-6;1-3-2;;;/h1-9H;6H,1-5H2,(H2,8,9);1-2H3;2*1H;/q-1;;;;;+4/p-3. The van der Waals surface area contributed by atoms with Crippen LogP contribution in [0.15, 0.2) is 54.6 Å². The Labute approximate surface area is 202 Å². The van der Waals surface area contributed by atoms with Gasteiger partial charge in [-0.3, -0.25) is 0 Å². The van der Waals surface area contributed by atoms with Crippen molar-refractivity contribution in [1.29, 1.82) is 0 Å². The van der Waals surface area contributed by atoms with E-state index in [4.69, 9.17) is 5.73 Å². The summed E-state index contributed by atoms with van der Waals surface area (Å²) in [7, 11) is 1.08. The summed E-state index contributed by atoms with van der Waals surface area (Å²) in [6.07, 6.45) is 5.47. The summed E-state index contributed by atoms with van der Waals surface area (Å²) in [6, 6.07) is 19.3. The summed E-state index contributed by atoms with van der Waals surface area (Å²) in [5, 5.41) is 5.39. The minimum atomic E-state index is -0.352. The molecule has 1 amide bonds. The molecule has 3 aromatic carbocycles. The normalized spacial score (nSPS) is 12.8. The molecular weight excluding hydrogens is 572 g/mol. The summed E-state index contributed by atoms with van der Waals surface area (Å²) in [6.45, 7) is 4.31. The van der Waals surface area contributed by atoms with Crippen molar-refractivity contribution < 1.29 is 55.5 Å². The summed E-state index contributed by atoms with van der Waals surface area (Å²) in [5.41, 5.74) is 6.83. The van der Waals surface area contributed by atoms with Crippen molar-refractivity contribution >= 4 is 37.0 Å². The molecule has 0 bridgehead atoms. The van der Waals surface area contributed by atoms with Crippen molar-refractivity contribution in [3.63, 3.8) is 0 Å². The minimum absolute atomic E-state index is 0. The van der Waals surface area contributed by atoms with Crippen molar-refractivity contribution in [3.8, 4) is 0 Å².